The first kappa shape index (κ1) is 14.7. The van der Waals surface area contributed by atoms with Crippen molar-refractivity contribution in [2.24, 2.45) is 0 Å². The number of hydrogen-bond acceptors (Lipinski definition) is 4. The highest BCUT2D eigenvalue weighted by molar-refractivity contribution is 7.23. The Balaban J connectivity index is 1.54. The third kappa shape index (κ3) is 2.62. The number of hydrogen-bond donors (Lipinski definition) is 2. The van der Waals surface area contributed by atoms with Gasteiger partial charge in [-0.3, -0.25) is 9.59 Å². The van der Waals surface area contributed by atoms with Gasteiger partial charge in [0.25, 0.3) is 5.91 Å². The lowest BCUT2D eigenvalue weighted by molar-refractivity contribution is -0.107. The molecule has 0 aliphatic carbocycles. The fraction of sp³-hybridized carbons (Fsp3) is 0.412. The van der Waals surface area contributed by atoms with Gasteiger partial charge in [-0.25, -0.2) is 0 Å². The molecular formula is C17H19N3O2S. The molecule has 2 bridgehead atoms. The number of rotatable bonds is 4. The first-order valence-corrected chi connectivity index (χ1v) is 8.74. The van der Waals surface area contributed by atoms with E-state index in [2.05, 4.69) is 10.6 Å². The van der Waals surface area contributed by atoms with Crippen LogP contribution < -0.4 is 15.5 Å². The Labute approximate surface area is 138 Å². The number of nitrogens with one attached hydrogen (secondary N) is 2. The van der Waals surface area contributed by atoms with Crippen molar-refractivity contribution in [3.05, 3.63) is 29.8 Å². The summed E-state index contributed by atoms with van der Waals surface area (Å²) in [7, 11) is 1.73. The van der Waals surface area contributed by atoms with Gasteiger partial charge in [-0.1, -0.05) is 6.07 Å². The molecule has 120 valence electrons. The summed E-state index contributed by atoms with van der Waals surface area (Å²) in [5, 5.41) is 8.64. The van der Waals surface area contributed by atoms with E-state index in [-0.39, 0.29) is 11.9 Å². The van der Waals surface area contributed by atoms with Gasteiger partial charge in [-0.2, -0.15) is 0 Å². The minimum atomic E-state index is -0.00931. The fourth-order valence-corrected chi connectivity index (χ4v) is 4.65. The van der Waals surface area contributed by atoms with E-state index in [0.29, 0.717) is 17.6 Å². The standard InChI is InChI=1S/C17H19N3O2S/c1-20(9-21)16-7-10-2-3-11(6-15(10)23-16)17(22)19-14-8-12-4-5-13(14)18-12/h2-3,6-7,9,12-14,18H,4-5,8H2,1H3,(H,19,22)/t12-,13+,14-/m1/s1. The number of carbonyl (C=O) groups is 2. The van der Waals surface area contributed by atoms with Gasteiger partial charge >= 0.3 is 0 Å². The van der Waals surface area contributed by atoms with E-state index in [4.69, 9.17) is 0 Å². The smallest absolute Gasteiger partial charge is 0.251 e. The molecule has 0 unspecified atom stereocenters. The molecule has 6 heteroatoms. The number of thiophene rings is 1. The van der Waals surface area contributed by atoms with Gasteiger partial charge in [0.1, 0.15) is 0 Å². The van der Waals surface area contributed by atoms with Crippen LogP contribution in [0.4, 0.5) is 5.00 Å². The maximum absolute atomic E-state index is 12.5. The molecule has 0 saturated carbocycles. The Kier molecular flexibility index (Phi) is 3.58. The quantitative estimate of drug-likeness (QED) is 0.845. The summed E-state index contributed by atoms with van der Waals surface area (Å²) < 4.78 is 1.02. The Morgan fingerprint density at radius 1 is 1.39 bits per heavy atom. The Morgan fingerprint density at radius 2 is 2.26 bits per heavy atom. The van der Waals surface area contributed by atoms with Crippen molar-refractivity contribution in [3.63, 3.8) is 0 Å². The summed E-state index contributed by atoms with van der Waals surface area (Å²) in [5.74, 6) is -0.00931. The van der Waals surface area contributed by atoms with Crippen LogP contribution in [-0.4, -0.2) is 37.5 Å². The first-order chi connectivity index (χ1) is 11.1. The SMILES string of the molecule is CN(C=O)c1cc2ccc(C(=O)N[C@@H]3C[C@H]4CC[C@@H]3N4)cc2s1. The van der Waals surface area contributed by atoms with Crippen LogP contribution in [0.3, 0.4) is 0 Å². The molecular weight excluding hydrogens is 310 g/mol. The Hall–Kier alpha value is -1.92. The maximum atomic E-state index is 12.5. The number of benzene rings is 1. The fourth-order valence-electron chi connectivity index (χ4n) is 3.62. The lowest BCUT2D eigenvalue weighted by Crippen LogP contribution is -2.42. The number of amides is 2. The van der Waals surface area contributed by atoms with Gasteiger partial charge in [-0.15, -0.1) is 11.3 Å². The van der Waals surface area contributed by atoms with Crippen LogP contribution in [0.25, 0.3) is 10.1 Å². The highest BCUT2D eigenvalue weighted by Crippen LogP contribution is 2.32. The lowest BCUT2D eigenvalue weighted by atomic mass is 9.95. The molecule has 2 saturated heterocycles. The molecule has 4 rings (SSSR count). The molecule has 3 heterocycles. The Morgan fingerprint density at radius 3 is 2.96 bits per heavy atom. The van der Waals surface area contributed by atoms with Crippen LogP contribution >= 0.6 is 11.3 Å². The average molecular weight is 329 g/mol. The van der Waals surface area contributed by atoms with E-state index in [9.17, 15) is 9.59 Å². The van der Waals surface area contributed by atoms with Crippen molar-refractivity contribution >= 4 is 38.7 Å². The molecule has 2 fully saturated rings. The summed E-state index contributed by atoms with van der Waals surface area (Å²) in [5.41, 5.74) is 0.683. The third-order valence-electron chi connectivity index (χ3n) is 4.89. The molecule has 0 spiro atoms. The lowest BCUT2D eigenvalue weighted by Gasteiger charge is -2.21. The van der Waals surface area contributed by atoms with Crippen molar-refractivity contribution in [2.75, 3.05) is 11.9 Å². The molecule has 5 nitrogen and oxygen atoms in total. The van der Waals surface area contributed by atoms with Crippen molar-refractivity contribution in [3.8, 4) is 0 Å². The average Bonchev–Trinajstić information content (AvgIpc) is 3.27. The molecule has 2 aromatic rings. The summed E-state index contributed by atoms with van der Waals surface area (Å²) in [6, 6.07) is 8.94. The minimum Gasteiger partial charge on any atom is -0.348 e. The number of anilines is 1. The van der Waals surface area contributed by atoms with E-state index >= 15 is 0 Å². The van der Waals surface area contributed by atoms with Crippen molar-refractivity contribution in [1.29, 1.82) is 0 Å². The number of fused-ring (bicyclic) bond motifs is 3. The largest absolute Gasteiger partial charge is 0.348 e. The van der Waals surface area contributed by atoms with Crippen LogP contribution in [-0.2, 0) is 4.79 Å². The summed E-state index contributed by atoms with van der Waals surface area (Å²) in [4.78, 5) is 24.9. The van der Waals surface area contributed by atoms with Gasteiger partial charge in [0.15, 0.2) is 0 Å². The van der Waals surface area contributed by atoms with Gasteiger partial charge in [-0.05, 0) is 42.8 Å². The van der Waals surface area contributed by atoms with Crippen molar-refractivity contribution < 1.29 is 9.59 Å². The van der Waals surface area contributed by atoms with E-state index < -0.39 is 0 Å². The molecule has 1 aromatic carbocycles. The molecule has 2 aliphatic rings. The monoisotopic (exact) mass is 329 g/mol. The van der Waals surface area contributed by atoms with Gasteiger partial charge in [0.2, 0.25) is 6.41 Å². The predicted octanol–water partition coefficient (Wildman–Crippen LogP) is 2.12. The summed E-state index contributed by atoms with van der Waals surface area (Å²) >= 11 is 1.52. The zero-order chi connectivity index (χ0) is 16.0. The number of carbonyl (C=O) groups excluding carboxylic acids is 2. The topological polar surface area (TPSA) is 61.4 Å². The van der Waals surface area contributed by atoms with Crippen LogP contribution in [0.5, 0.6) is 0 Å². The van der Waals surface area contributed by atoms with Crippen LogP contribution in [0.15, 0.2) is 24.3 Å². The van der Waals surface area contributed by atoms with Gasteiger partial charge < -0.3 is 15.5 Å². The zero-order valence-corrected chi connectivity index (χ0v) is 13.7. The second kappa shape index (κ2) is 5.62. The highest BCUT2D eigenvalue weighted by Gasteiger charge is 2.39. The van der Waals surface area contributed by atoms with E-state index in [1.54, 1.807) is 11.9 Å². The summed E-state index contributed by atoms with van der Waals surface area (Å²) in [6.07, 6.45) is 4.21. The number of nitrogens with zero attached hydrogens (tertiary/aromatic N) is 1. The minimum absolute atomic E-state index is 0.00931. The molecule has 2 aliphatic heterocycles. The van der Waals surface area contributed by atoms with Crippen LogP contribution in [0.2, 0.25) is 0 Å². The predicted molar refractivity (Wildman–Crippen MR) is 92.1 cm³/mol. The molecule has 2 N–H and O–H groups in total. The van der Waals surface area contributed by atoms with Gasteiger partial charge in [0, 0.05) is 35.4 Å². The van der Waals surface area contributed by atoms with Crippen molar-refractivity contribution in [1.82, 2.24) is 10.6 Å². The van der Waals surface area contributed by atoms with E-state index in [0.717, 1.165) is 34.3 Å². The second-order valence-corrected chi connectivity index (χ2v) is 7.48. The second-order valence-electron chi connectivity index (χ2n) is 6.42. The highest BCUT2D eigenvalue weighted by atomic mass is 32.1. The molecule has 2 amide bonds. The summed E-state index contributed by atoms with van der Waals surface area (Å²) in [6.45, 7) is 0. The van der Waals surface area contributed by atoms with Crippen molar-refractivity contribution in [2.45, 2.75) is 37.4 Å². The molecule has 0 radical (unpaired) electrons. The van der Waals surface area contributed by atoms with E-state index in [1.165, 1.54) is 17.8 Å². The van der Waals surface area contributed by atoms with Crippen LogP contribution in [0.1, 0.15) is 29.6 Å². The third-order valence-corrected chi connectivity index (χ3v) is 6.08. The maximum Gasteiger partial charge on any atom is 0.251 e. The first-order valence-electron chi connectivity index (χ1n) is 7.92. The molecule has 23 heavy (non-hydrogen) atoms. The Bertz CT molecular complexity index is 772. The van der Waals surface area contributed by atoms with E-state index in [1.807, 2.05) is 24.3 Å². The normalized spacial score (nSPS) is 25.7. The molecule has 1 aromatic heterocycles. The zero-order valence-electron chi connectivity index (χ0n) is 12.9. The molecule has 3 atom stereocenters. The van der Waals surface area contributed by atoms with Gasteiger partial charge in [0.05, 0.1) is 5.00 Å². The van der Waals surface area contributed by atoms with Crippen LogP contribution in [0, 0.1) is 0 Å².